The van der Waals surface area contributed by atoms with Crippen molar-refractivity contribution in [2.45, 2.75) is 45.6 Å². The number of fused-ring (bicyclic) bond motifs is 1. The van der Waals surface area contributed by atoms with Crippen LogP contribution in [0.2, 0.25) is 0 Å². The van der Waals surface area contributed by atoms with Gasteiger partial charge in [0.2, 0.25) is 0 Å². The zero-order chi connectivity index (χ0) is 25.8. The quantitative estimate of drug-likeness (QED) is 0.295. The van der Waals surface area contributed by atoms with Crippen molar-refractivity contribution in [2.24, 2.45) is 0 Å². The van der Waals surface area contributed by atoms with Crippen LogP contribution in [0.25, 0.3) is 22.2 Å². The standard InChI is InChI=1S/C30H32N4O3/c1-2-3-10-28-32-26-16-15-23(31-30(37)33-17-6-7-18-33)19-27(26)34(28)20-21-11-13-22(14-12-21)24-8-4-5-9-25(24)29(35)36/h4-5,8-9,11-16,19H,2-3,6-7,10,17-18,20H2,1H3,(H,31,37)(H,35,36). The fraction of sp³-hybridized carbons (Fsp3) is 0.300. The fourth-order valence-electron chi connectivity index (χ4n) is 4.97. The molecule has 7 heteroatoms. The topological polar surface area (TPSA) is 87.5 Å². The third-order valence-corrected chi connectivity index (χ3v) is 6.99. The smallest absolute Gasteiger partial charge is 0.336 e. The highest BCUT2D eigenvalue weighted by atomic mass is 16.4. The van der Waals surface area contributed by atoms with Crippen LogP contribution in [0, 0.1) is 0 Å². The van der Waals surface area contributed by atoms with Crippen molar-refractivity contribution >= 4 is 28.7 Å². The van der Waals surface area contributed by atoms with E-state index in [1.54, 1.807) is 12.1 Å². The number of amides is 2. The van der Waals surface area contributed by atoms with E-state index >= 15 is 0 Å². The zero-order valence-corrected chi connectivity index (χ0v) is 21.1. The molecule has 4 aromatic rings. The number of benzene rings is 3. The van der Waals surface area contributed by atoms with Crippen molar-refractivity contribution in [1.29, 1.82) is 0 Å². The summed E-state index contributed by atoms with van der Waals surface area (Å²) in [5.41, 5.74) is 5.64. The van der Waals surface area contributed by atoms with Gasteiger partial charge in [0.15, 0.2) is 0 Å². The van der Waals surface area contributed by atoms with Gasteiger partial charge in [-0.1, -0.05) is 55.8 Å². The second kappa shape index (κ2) is 10.9. The number of carboxylic acid groups (broad SMARTS) is 1. The normalized spacial score (nSPS) is 13.3. The number of hydrogen-bond donors (Lipinski definition) is 2. The molecule has 37 heavy (non-hydrogen) atoms. The maximum atomic E-state index is 12.6. The molecule has 0 saturated carbocycles. The van der Waals surface area contributed by atoms with E-state index in [1.807, 2.05) is 59.5 Å². The second-order valence-electron chi connectivity index (χ2n) is 9.59. The number of hydrogen-bond acceptors (Lipinski definition) is 3. The van der Waals surface area contributed by atoms with E-state index < -0.39 is 5.97 Å². The molecule has 0 bridgehead atoms. The molecule has 0 radical (unpaired) electrons. The van der Waals surface area contributed by atoms with Gasteiger partial charge < -0.3 is 19.9 Å². The number of aromatic nitrogens is 2. The third-order valence-electron chi connectivity index (χ3n) is 6.99. The lowest BCUT2D eigenvalue weighted by molar-refractivity contribution is 0.0697. The van der Waals surface area contributed by atoms with Gasteiger partial charge in [-0.25, -0.2) is 14.6 Å². The van der Waals surface area contributed by atoms with Crippen molar-refractivity contribution in [2.75, 3.05) is 18.4 Å². The first kappa shape index (κ1) is 24.6. The van der Waals surface area contributed by atoms with Crippen molar-refractivity contribution in [3.63, 3.8) is 0 Å². The minimum atomic E-state index is -0.933. The highest BCUT2D eigenvalue weighted by Gasteiger charge is 2.19. The first-order chi connectivity index (χ1) is 18.0. The molecule has 1 aliphatic rings. The van der Waals surface area contributed by atoms with E-state index in [0.29, 0.717) is 17.7 Å². The number of carbonyl (C=O) groups excluding carboxylic acids is 1. The minimum Gasteiger partial charge on any atom is -0.478 e. The highest BCUT2D eigenvalue weighted by Crippen LogP contribution is 2.27. The van der Waals surface area contributed by atoms with Gasteiger partial charge >= 0.3 is 12.0 Å². The van der Waals surface area contributed by atoms with Gasteiger partial charge in [-0.05, 0) is 60.2 Å². The molecule has 0 unspecified atom stereocenters. The molecule has 2 heterocycles. The van der Waals surface area contributed by atoms with Gasteiger partial charge in [0, 0.05) is 31.7 Å². The van der Waals surface area contributed by atoms with E-state index in [1.165, 1.54) is 0 Å². The first-order valence-electron chi connectivity index (χ1n) is 13.0. The first-order valence-corrected chi connectivity index (χ1v) is 13.0. The Morgan fingerprint density at radius 1 is 1.00 bits per heavy atom. The molecule has 1 saturated heterocycles. The summed E-state index contributed by atoms with van der Waals surface area (Å²) in [7, 11) is 0. The number of nitrogens with zero attached hydrogens (tertiary/aromatic N) is 3. The molecule has 5 rings (SSSR count). The predicted molar refractivity (Wildman–Crippen MR) is 146 cm³/mol. The molecule has 3 aromatic carbocycles. The van der Waals surface area contributed by atoms with Crippen molar-refractivity contribution in [1.82, 2.24) is 14.5 Å². The van der Waals surface area contributed by atoms with Crippen LogP contribution in [-0.2, 0) is 13.0 Å². The van der Waals surface area contributed by atoms with Crippen LogP contribution in [0.4, 0.5) is 10.5 Å². The Morgan fingerprint density at radius 2 is 1.76 bits per heavy atom. The molecule has 2 N–H and O–H groups in total. The zero-order valence-electron chi connectivity index (χ0n) is 21.1. The number of carbonyl (C=O) groups is 2. The number of anilines is 1. The lowest BCUT2D eigenvalue weighted by Gasteiger charge is -2.16. The van der Waals surface area contributed by atoms with Crippen molar-refractivity contribution in [3.05, 3.63) is 83.7 Å². The van der Waals surface area contributed by atoms with Gasteiger partial charge in [-0.3, -0.25) is 0 Å². The lowest BCUT2D eigenvalue weighted by Crippen LogP contribution is -2.32. The molecule has 1 fully saturated rings. The maximum absolute atomic E-state index is 12.6. The number of likely N-dealkylation sites (tertiary alicyclic amines) is 1. The Morgan fingerprint density at radius 3 is 2.49 bits per heavy atom. The summed E-state index contributed by atoms with van der Waals surface area (Å²) < 4.78 is 2.23. The summed E-state index contributed by atoms with van der Waals surface area (Å²) in [6, 6.07) is 21.0. The molecule has 7 nitrogen and oxygen atoms in total. The van der Waals surface area contributed by atoms with Gasteiger partial charge in [-0.2, -0.15) is 0 Å². The van der Waals surface area contributed by atoms with Crippen LogP contribution in [0.5, 0.6) is 0 Å². The summed E-state index contributed by atoms with van der Waals surface area (Å²) in [5.74, 6) is 0.0953. The van der Waals surface area contributed by atoms with Crippen LogP contribution in [0.1, 0.15) is 54.4 Å². The third kappa shape index (κ3) is 5.35. The predicted octanol–water partition coefficient (Wildman–Crippen LogP) is 6.42. The van der Waals surface area contributed by atoms with E-state index in [-0.39, 0.29) is 6.03 Å². The van der Waals surface area contributed by atoms with Crippen LogP contribution >= 0.6 is 0 Å². The molecule has 2 amide bonds. The Balaban J connectivity index is 1.44. The Bertz CT molecular complexity index is 1420. The molecular formula is C30H32N4O3. The number of carboxylic acids is 1. The molecule has 1 aliphatic heterocycles. The van der Waals surface area contributed by atoms with Gasteiger partial charge in [0.25, 0.3) is 0 Å². The minimum absolute atomic E-state index is 0.0497. The Hall–Kier alpha value is -4.13. The molecule has 0 aliphatic carbocycles. The summed E-state index contributed by atoms with van der Waals surface area (Å²) in [6.07, 6.45) is 5.12. The molecule has 0 spiro atoms. The second-order valence-corrected chi connectivity index (χ2v) is 9.59. The largest absolute Gasteiger partial charge is 0.478 e. The summed E-state index contributed by atoms with van der Waals surface area (Å²) >= 11 is 0. The van der Waals surface area contributed by atoms with Crippen LogP contribution in [-0.4, -0.2) is 44.6 Å². The van der Waals surface area contributed by atoms with Crippen LogP contribution in [0.3, 0.4) is 0 Å². The van der Waals surface area contributed by atoms with Crippen LogP contribution in [0.15, 0.2) is 66.7 Å². The van der Waals surface area contributed by atoms with E-state index in [9.17, 15) is 14.7 Å². The molecular weight excluding hydrogens is 464 g/mol. The number of unbranched alkanes of at least 4 members (excludes halogenated alkanes) is 1. The van der Waals surface area contributed by atoms with Gasteiger partial charge in [0.1, 0.15) is 5.82 Å². The van der Waals surface area contributed by atoms with Crippen molar-refractivity contribution < 1.29 is 14.7 Å². The SMILES string of the molecule is CCCCc1nc2ccc(NC(=O)N3CCCC3)cc2n1Cc1ccc(-c2ccccc2C(=O)O)cc1. The van der Waals surface area contributed by atoms with Gasteiger partial charge in [0.05, 0.1) is 16.6 Å². The lowest BCUT2D eigenvalue weighted by atomic mass is 9.99. The van der Waals surface area contributed by atoms with E-state index in [4.69, 9.17) is 4.98 Å². The number of nitrogens with one attached hydrogen (secondary N) is 1. The number of aryl methyl sites for hydroxylation is 1. The number of aromatic carboxylic acids is 1. The van der Waals surface area contributed by atoms with E-state index in [0.717, 1.165) is 78.9 Å². The number of urea groups is 1. The molecule has 0 atom stereocenters. The summed E-state index contributed by atoms with van der Waals surface area (Å²) in [6.45, 7) is 4.42. The molecule has 1 aromatic heterocycles. The Labute approximate surface area is 216 Å². The number of rotatable bonds is 8. The Kier molecular flexibility index (Phi) is 7.21. The summed E-state index contributed by atoms with van der Waals surface area (Å²) in [5, 5.41) is 12.6. The molecule has 190 valence electrons. The van der Waals surface area contributed by atoms with Crippen molar-refractivity contribution in [3.8, 4) is 11.1 Å². The van der Waals surface area contributed by atoms with Crippen LogP contribution < -0.4 is 5.32 Å². The highest BCUT2D eigenvalue weighted by molar-refractivity contribution is 5.96. The number of imidazole rings is 1. The monoisotopic (exact) mass is 496 g/mol. The maximum Gasteiger partial charge on any atom is 0.336 e. The fourth-order valence-corrected chi connectivity index (χ4v) is 4.97. The average molecular weight is 497 g/mol. The van der Waals surface area contributed by atoms with Gasteiger partial charge in [-0.15, -0.1) is 0 Å². The average Bonchev–Trinajstić information content (AvgIpc) is 3.57. The van der Waals surface area contributed by atoms with E-state index in [2.05, 4.69) is 16.8 Å². The summed E-state index contributed by atoms with van der Waals surface area (Å²) in [4.78, 5) is 31.1.